The van der Waals surface area contributed by atoms with Crippen molar-refractivity contribution in [2.24, 2.45) is 0 Å². The number of halogens is 1. The zero-order valence-corrected chi connectivity index (χ0v) is 5.87. The van der Waals surface area contributed by atoms with Crippen LogP contribution in [0.1, 0.15) is 6.92 Å². The largest absolute Gasteiger partial charge is 0.316 e. The van der Waals surface area contributed by atoms with Crippen molar-refractivity contribution in [3.8, 4) is 0 Å². The van der Waals surface area contributed by atoms with Gasteiger partial charge in [0.05, 0.1) is 5.83 Å². The van der Waals surface area contributed by atoms with Crippen molar-refractivity contribution in [3.63, 3.8) is 0 Å². The third-order valence-electron chi connectivity index (χ3n) is 0.807. The molecular weight excluding hydrogens is 117 g/mol. The molecule has 0 unspecified atom stereocenters. The Kier molecular flexibility index (Phi) is 3.97. The summed E-state index contributed by atoms with van der Waals surface area (Å²) in [6, 6.07) is 0. The Morgan fingerprint density at radius 2 is 2.33 bits per heavy atom. The van der Waals surface area contributed by atoms with Gasteiger partial charge in [0.2, 0.25) is 0 Å². The van der Waals surface area contributed by atoms with Crippen molar-refractivity contribution < 1.29 is 4.39 Å². The smallest absolute Gasteiger partial charge is 0.0971 e. The number of nitrogens with one attached hydrogen (secondary N) is 1. The van der Waals surface area contributed by atoms with Gasteiger partial charge in [0.1, 0.15) is 0 Å². The highest BCUT2D eigenvalue weighted by Gasteiger charge is 1.86. The summed E-state index contributed by atoms with van der Waals surface area (Å²) in [6.07, 6.45) is 1.41. The Balaban J connectivity index is 3.63. The first-order chi connectivity index (χ1) is 4.16. The summed E-state index contributed by atoms with van der Waals surface area (Å²) < 4.78 is 12.0. The van der Waals surface area contributed by atoms with Gasteiger partial charge in [-0.15, -0.1) is 0 Å². The fraction of sp³-hybridized carbons (Fsp3) is 0.429. The molecule has 0 heterocycles. The minimum absolute atomic E-state index is 0.199. The van der Waals surface area contributed by atoms with Gasteiger partial charge in [-0.1, -0.05) is 6.58 Å². The van der Waals surface area contributed by atoms with Gasteiger partial charge in [-0.25, -0.2) is 4.39 Å². The van der Waals surface area contributed by atoms with Gasteiger partial charge >= 0.3 is 0 Å². The zero-order chi connectivity index (χ0) is 7.28. The number of hydrogen-bond acceptors (Lipinski definition) is 1. The van der Waals surface area contributed by atoms with Crippen LogP contribution in [0.4, 0.5) is 4.39 Å². The average molecular weight is 129 g/mol. The summed E-state index contributed by atoms with van der Waals surface area (Å²) >= 11 is 0. The van der Waals surface area contributed by atoms with Crippen LogP contribution in [-0.2, 0) is 0 Å². The van der Waals surface area contributed by atoms with E-state index < -0.39 is 0 Å². The lowest BCUT2D eigenvalue weighted by Crippen LogP contribution is -2.08. The van der Waals surface area contributed by atoms with Crippen LogP contribution in [0.3, 0.4) is 0 Å². The Morgan fingerprint density at radius 1 is 1.78 bits per heavy atom. The molecule has 1 nitrogen and oxygen atoms in total. The molecule has 0 aliphatic carbocycles. The van der Waals surface area contributed by atoms with Crippen LogP contribution in [0.15, 0.2) is 24.1 Å². The van der Waals surface area contributed by atoms with Gasteiger partial charge < -0.3 is 5.32 Å². The van der Waals surface area contributed by atoms with Crippen molar-refractivity contribution >= 4 is 0 Å². The third kappa shape index (κ3) is 5.24. The molecule has 0 saturated heterocycles. The van der Waals surface area contributed by atoms with Gasteiger partial charge in [-0.3, -0.25) is 0 Å². The van der Waals surface area contributed by atoms with Crippen molar-refractivity contribution in [2.75, 3.05) is 13.6 Å². The lowest BCUT2D eigenvalue weighted by atomic mass is 10.3. The average Bonchev–Trinajstić information content (AvgIpc) is 1.63. The van der Waals surface area contributed by atoms with E-state index in [1.807, 2.05) is 0 Å². The summed E-state index contributed by atoms with van der Waals surface area (Å²) in [6.45, 7) is 5.65. The zero-order valence-electron chi connectivity index (χ0n) is 5.87. The molecule has 0 spiro atoms. The molecule has 0 bridgehead atoms. The lowest BCUT2D eigenvalue weighted by Gasteiger charge is -1.95. The summed E-state index contributed by atoms with van der Waals surface area (Å²) in [7, 11) is 1.80. The molecule has 52 valence electrons. The minimum Gasteiger partial charge on any atom is -0.316 e. The monoisotopic (exact) mass is 129 g/mol. The van der Waals surface area contributed by atoms with Crippen LogP contribution in [0.2, 0.25) is 0 Å². The van der Waals surface area contributed by atoms with Gasteiger partial charge in [0.15, 0.2) is 0 Å². The van der Waals surface area contributed by atoms with Crippen LogP contribution in [0.25, 0.3) is 0 Å². The van der Waals surface area contributed by atoms with Gasteiger partial charge in [-0.2, -0.15) is 0 Å². The van der Waals surface area contributed by atoms with Crippen LogP contribution in [-0.4, -0.2) is 13.6 Å². The van der Waals surface area contributed by atoms with E-state index in [0.717, 1.165) is 5.57 Å². The maximum absolute atomic E-state index is 12.0. The van der Waals surface area contributed by atoms with E-state index in [9.17, 15) is 4.39 Å². The fourth-order valence-electron chi connectivity index (χ4n) is 0.559. The predicted octanol–water partition coefficient (Wildman–Crippen LogP) is 1.64. The van der Waals surface area contributed by atoms with Crippen molar-refractivity contribution in [1.29, 1.82) is 0 Å². The first kappa shape index (κ1) is 8.37. The molecule has 9 heavy (non-hydrogen) atoms. The van der Waals surface area contributed by atoms with Gasteiger partial charge in [0, 0.05) is 6.54 Å². The van der Waals surface area contributed by atoms with E-state index >= 15 is 0 Å². The van der Waals surface area contributed by atoms with E-state index in [2.05, 4.69) is 11.9 Å². The standard InChI is InChI=1S/C7H12FN/c1-6(5-9-3)4-7(2)8/h4,9H,1,5H2,2-3H3/b7-4+. The molecule has 0 radical (unpaired) electrons. The molecule has 0 amide bonds. The Bertz CT molecular complexity index is 123. The molecule has 2 heteroatoms. The molecular formula is C7H12FN. The third-order valence-corrected chi connectivity index (χ3v) is 0.807. The molecule has 0 saturated carbocycles. The highest BCUT2D eigenvalue weighted by Crippen LogP contribution is 1.98. The maximum Gasteiger partial charge on any atom is 0.0971 e. The molecule has 0 aromatic rings. The second-order valence-electron chi connectivity index (χ2n) is 1.92. The molecule has 0 aliphatic heterocycles. The normalized spacial score (nSPS) is 11.7. The second-order valence-corrected chi connectivity index (χ2v) is 1.92. The van der Waals surface area contributed by atoms with Crippen LogP contribution in [0, 0.1) is 0 Å². The molecule has 0 atom stereocenters. The van der Waals surface area contributed by atoms with Gasteiger partial charge in [-0.05, 0) is 25.6 Å². The number of allylic oxidation sites excluding steroid dienone is 1. The molecule has 0 aromatic carbocycles. The molecule has 1 N–H and O–H groups in total. The summed E-state index contributed by atoms with van der Waals surface area (Å²) in [5.41, 5.74) is 0.762. The van der Waals surface area contributed by atoms with E-state index in [1.165, 1.54) is 13.0 Å². The van der Waals surface area contributed by atoms with Crippen molar-refractivity contribution in [1.82, 2.24) is 5.32 Å². The van der Waals surface area contributed by atoms with Crippen LogP contribution < -0.4 is 5.32 Å². The minimum atomic E-state index is -0.199. The first-order valence-corrected chi connectivity index (χ1v) is 2.83. The quantitative estimate of drug-likeness (QED) is 0.571. The van der Waals surface area contributed by atoms with E-state index in [-0.39, 0.29) is 5.83 Å². The molecule has 0 aromatic heterocycles. The fourth-order valence-corrected chi connectivity index (χ4v) is 0.559. The highest BCUT2D eigenvalue weighted by molar-refractivity contribution is 5.17. The second kappa shape index (κ2) is 4.27. The topological polar surface area (TPSA) is 12.0 Å². The lowest BCUT2D eigenvalue weighted by molar-refractivity contribution is 0.638. The van der Waals surface area contributed by atoms with E-state index in [0.29, 0.717) is 6.54 Å². The number of rotatable bonds is 3. The van der Waals surface area contributed by atoms with Crippen LogP contribution in [0.5, 0.6) is 0 Å². The van der Waals surface area contributed by atoms with Crippen molar-refractivity contribution in [2.45, 2.75) is 6.92 Å². The van der Waals surface area contributed by atoms with E-state index in [1.54, 1.807) is 7.05 Å². The Labute approximate surface area is 55.3 Å². The Morgan fingerprint density at radius 3 is 2.67 bits per heavy atom. The van der Waals surface area contributed by atoms with Crippen molar-refractivity contribution in [3.05, 3.63) is 24.1 Å². The van der Waals surface area contributed by atoms with E-state index in [4.69, 9.17) is 0 Å². The molecule has 0 fully saturated rings. The Hall–Kier alpha value is -0.630. The number of likely N-dealkylation sites (N-methyl/N-ethyl adjacent to an activating group) is 1. The predicted molar refractivity (Wildman–Crippen MR) is 37.9 cm³/mol. The molecule has 0 aliphatic rings. The number of hydrogen-bond donors (Lipinski definition) is 1. The first-order valence-electron chi connectivity index (χ1n) is 2.83. The highest BCUT2D eigenvalue weighted by atomic mass is 19.1. The summed E-state index contributed by atoms with van der Waals surface area (Å²) in [4.78, 5) is 0. The summed E-state index contributed by atoms with van der Waals surface area (Å²) in [5.74, 6) is -0.199. The van der Waals surface area contributed by atoms with Crippen LogP contribution >= 0.6 is 0 Å². The SMILES string of the molecule is C=C(/C=C(\C)F)CNC. The summed E-state index contributed by atoms with van der Waals surface area (Å²) in [5, 5.41) is 2.86. The maximum atomic E-state index is 12.0. The molecule has 0 rings (SSSR count). The van der Waals surface area contributed by atoms with Gasteiger partial charge in [0.25, 0.3) is 0 Å².